The van der Waals surface area contributed by atoms with E-state index in [9.17, 15) is 4.79 Å². The molecule has 10 heavy (non-hydrogen) atoms. The monoisotopic (exact) mass is 144 g/mol. The molecule has 0 bridgehead atoms. The van der Waals surface area contributed by atoms with Crippen LogP contribution in [0.2, 0.25) is 0 Å². The summed E-state index contributed by atoms with van der Waals surface area (Å²) >= 11 is 0. The Kier molecular flexibility index (Phi) is 2.11. The third-order valence-electron chi connectivity index (χ3n) is 1.75. The third-order valence-corrected chi connectivity index (χ3v) is 1.75. The molecule has 4 heteroatoms. The second-order valence-electron chi connectivity index (χ2n) is 2.36. The van der Waals surface area contributed by atoms with Crippen LogP contribution in [0.3, 0.4) is 0 Å². The standard InChI is InChI=1S/C6H12N2O2/c1-10-5-3-2-4-8(5)6(7)9/h5H,2-4H2,1H3,(H2,7,9). The van der Waals surface area contributed by atoms with Gasteiger partial charge in [0.1, 0.15) is 6.23 Å². The van der Waals surface area contributed by atoms with Gasteiger partial charge in [-0.15, -0.1) is 0 Å². The molecule has 58 valence electrons. The molecule has 2 N–H and O–H groups in total. The lowest BCUT2D eigenvalue weighted by atomic mass is 10.4. The van der Waals surface area contributed by atoms with Gasteiger partial charge in [0.05, 0.1) is 0 Å². The molecule has 0 aromatic heterocycles. The van der Waals surface area contributed by atoms with Crippen LogP contribution in [0.25, 0.3) is 0 Å². The highest BCUT2D eigenvalue weighted by atomic mass is 16.5. The van der Waals surface area contributed by atoms with Crippen molar-refractivity contribution in [2.24, 2.45) is 5.73 Å². The van der Waals surface area contributed by atoms with Crippen LogP contribution >= 0.6 is 0 Å². The van der Waals surface area contributed by atoms with E-state index < -0.39 is 0 Å². The first kappa shape index (κ1) is 7.34. The minimum atomic E-state index is -0.385. The molecule has 4 nitrogen and oxygen atoms in total. The Morgan fingerprint density at radius 2 is 2.50 bits per heavy atom. The van der Waals surface area contributed by atoms with Gasteiger partial charge in [-0.25, -0.2) is 4.79 Å². The highest BCUT2D eigenvalue weighted by Gasteiger charge is 2.26. The number of hydrogen-bond donors (Lipinski definition) is 1. The van der Waals surface area contributed by atoms with Crippen molar-refractivity contribution >= 4 is 6.03 Å². The topological polar surface area (TPSA) is 55.6 Å². The predicted octanol–water partition coefficient (Wildman–Crippen LogP) is 0.133. The highest BCUT2D eigenvalue weighted by Crippen LogP contribution is 2.16. The number of nitrogens with zero attached hydrogens (tertiary/aromatic N) is 1. The predicted molar refractivity (Wildman–Crippen MR) is 36.3 cm³/mol. The molecule has 2 amide bonds. The minimum Gasteiger partial charge on any atom is -0.361 e. The summed E-state index contributed by atoms with van der Waals surface area (Å²) < 4.78 is 5.01. The van der Waals surface area contributed by atoms with Crippen LogP contribution in [0.15, 0.2) is 0 Å². The Morgan fingerprint density at radius 3 is 2.90 bits per heavy atom. The molecule has 0 aliphatic carbocycles. The zero-order valence-electron chi connectivity index (χ0n) is 6.04. The Hall–Kier alpha value is -0.770. The molecule has 0 saturated carbocycles. The quantitative estimate of drug-likeness (QED) is 0.568. The number of urea groups is 1. The Labute approximate surface area is 59.9 Å². The number of ether oxygens (including phenoxy) is 1. The van der Waals surface area contributed by atoms with E-state index in [2.05, 4.69) is 0 Å². The summed E-state index contributed by atoms with van der Waals surface area (Å²) in [5.41, 5.74) is 5.07. The van der Waals surface area contributed by atoms with E-state index in [0.717, 1.165) is 19.4 Å². The van der Waals surface area contributed by atoms with Crippen molar-refractivity contribution in [3.63, 3.8) is 0 Å². The van der Waals surface area contributed by atoms with Crippen LogP contribution in [0.4, 0.5) is 4.79 Å². The number of amides is 2. The van der Waals surface area contributed by atoms with Gasteiger partial charge < -0.3 is 10.5 Å². The molecule has 0 aromatic carbocycles. The zero-order chi connectivity index (χ0) is 7.56. The summed E-state index contributed by atoms with van der Waals surface area (Å²) in [4.78, 5) is 12.2. The summed E-state index contributed by atoms with van der Waals surface area (Å²) in [6.07, 6.45) is 1.80. The van der Waals surface area contributed by atoms with Crippen molar-refractivity contribution in [3.8, 4) is 0 Å². The molecule has 1 rings (SSSR count). The zero-order valence-corrected chi connectivity index (χ0v) is 6.04. The number of carbonyl (C=O) groups is 1. The fraction of sp³-hybridized carbons (Fsp3) is 0.833. The lowest BCUT2D eigenvalue weighted by Crippen LogP contribution is -2.40. The first-order valence-corrected chi connectivity index (χ1v) is 3.34. The van der Waals surface area contributed by atoms with Gasteiger partial charge in [-0.3, -0.25) is 4.90 Å². The average Bonchev–Trinajstić information content (AvgIpc) is 2.33. The first-order chi connectivity index (χ1) is 4.75. The van der Waals surface area contributed by atoms with Crippen molar-refractivity contribution in [1.82, 2.24) is 4.90 Å². The minimum absolute atomic E-state index is 0.0856. The van der Waals surface area contributed by atoms with Crippen molar-refractivity contribution in [2.45, 2.75) is 19.1 Å². The van der Waals surface area contributed by atoms with E-state index in [1.807, 2.05) is 0 Å². The van der Waals surface area contributed by atoms with Crippen LogP contribution in [-0.2, 0) is 4.74 Å². The molecule has 0 aromatic rings. The number of nitrogens with two attached hydrogens (primary N) is 1. The van der Waals surface area contributed by atoms with E-state index in [4.69, 9.17) is 10.5 Å². The van der Waals surface area contributed by atoms with Crippen molar-refractivity contribution in [1.29, 1.82) is 0 Å². The molecular formula is C6H12N2O2. The summed E-state index contributed by atoms with van der Waals surface area (Å²) in [6, 6.07) is -0.385. The first-order valence-electron chi connectivity index (χ1n) is 3.34. The molecule has 1 heterocycles. The molecule has 1 saturated heterocycles. The van der Waals surface area contributed by atoms with E-state index in [0.29, 0.717) is 0 Å². The van der Waals surface area contributed by atoms with E-state index in [-0.39, 0.29) is 12.3 Å². The molecule has 0 radical (unpaired) electrons. The van der Waals surface area contributed by atoms with Gasteiger partial charge in [0.25, 0.3) is 0 Å². The molecular weight excluding hydrogens is 132 g/mol. The van der Waals surface area contributed by atoms with Gasteiger partial charge in [-0.1, -0.05) is 0 Å². The van der Waals surface area contributed by atoms with E-state index >= 15 is 0 Å². The SMILES string of the molecule is COC1CCCN1C(N)=O. The molecule has 1 atom stereocenters. The van der Waals surface area contributed by atoms with Crippen LogP contribution in [0.5, 0.6) is 0 Å². The number of hydrogen-bond acceptors (Lipinski definition) is 2. The molecule has 1 aliphatic heterocycles. The molecule has 1 unspecified atom stereocenters. The molecule has 1 fully saturated rings. The van der Waals surface area contributed by atoms with E-state index in [1.54, 1.807) is 12.0 Å². The largest absolute Gasteiger partial charge is 0.361 e. The van der Waals surface area contributed by atoms with Gasteiger partial charge in [0.2, 0.25) is 0 Å². The van der Waals surface area contributed by atoms with Gasteiger partial charge in [-0.05, 0) is 12.8 Å². The summed E-state index contributed by atoms with van der Waals surface area (Å²) in [5, 5.41) is 0. The van der Waals surface area contributed by atoms with Crippen LogP contribution < -0.4 is 5.73 Å². The van der Waals surface area contributed by atoms with Crippen LogP contribution in [0, 0.1) is 0 Å². The Morgan fingerprint density at radius 1 is 1.80 bits per heavy atom. The number of primary amides is 1. The molecule has 0 spiro atoms. The third kappa shape index (κ3) is 1.21. The fourth-order valence-corrected chi connectivity index (χ4v) is 1.23. The van der Waals surface area contributed by atoms with Gasteiger partial charge in [0, 0.05) is 13.7 Å². The Bertz CT molecular complexity index is 138. The summed E-state index contributed by atoms with van der Waals surface area (Å²) in [6.45, 7) is 0.730. The summed E-state index contributed by atoms with van der Waals surface area (Å²) in [5.74, 6) is 0. The van der Waals surface area contributed by atoms with Crippen molar-refractivity contribution in [3.05, 3.63) is 0 Å². The number of likely N-dealkylation sites (tertiary alicyclic amines) is 1. The second-order valence-corrected chi connectivity index (χ2v) is 2.36. The maximum Gasteiger partial charge on any atom is 0.316 e. The highest BCUT2D eigenvalue weighted by molar-refractivity contribution is 5.72. The number of carbonyl (C=O) groups excluding carboxylic acids is 1. The van der Waals surface area contributed by atoms with Crippen molar-refractivity contribution in [2.75, 3.05) is 13.7 Å². The smallest absolute Gasteiger partial charge is 0.316 e. The lowest BCUT2D eigenvalue weighted by Gasteiger charge is -2.20. The maximum atomic E-state index is 10.6. The van der Waals surface area contributed by atoms with Crippen LogP contribution in [0.1, 0.15) is 12.8 Å². The normalized spacial score (nSPS) is 25.3. The van der Waals surface area contributed by atoms with Gasteiger partial charge >= 0.3 is 6.03 Å². The van der Waals surface area contributed by atoms with Gasteiger partial charge in [0.15, 0.2) is 0 Å². The van der Waals surface area contributed by atoms with Gasteiger partial charge in [-0.2, -0.15) is 0 Å². The van der Waals surface area contributed by atoms with E-state index in [1.165, 1.54) is 0 Å². The van der Waals surface area contributed by atoms with Crippen LogP contribution in [-0.4, -0.2) is 30.8 Å². The fourth-order valence-electron chi connectivity index (χ4n) is 1.23. The number of rotatable bonds is 1. The number of methoxy groups -OCH3 is 1. The second kappa shape index (κ2) is 2.88. The van der Waals surface area contributed by atoms with Crippen molar-refractivity contribution < 1.29 is 9.53 Å². The average molecular weight is 144 g/mol. The molecule has 1 aliphatic rings. The summed E-state index contributed by atoms with van der Waals surface area (Å²) in [7, 11) is 1.59. The lowest BCUT2D eigenvalue weighted by molar-refractivity contribution is 0.0202. The Balaban J connectivity index is 2.50. The maximum absolute atomic E-state index is 10.6.